The summed E-state index contributed by atoms with van der Waals surface area (Å²) in [6.07, 6.45) is 2.19. The van der Waals surface area contributed by atoms with Gasteiger partial charge in [0.15, 0.2) is 0 Å². The number of amides is 2. The Morgan fingerprint density at radius 1 is 1.73 bits per heavy atom. The number of nitrogens with zero attached hydrogens (tertiary/aromatic N) is 2. The topological polar surface area (TPSA) is 49.6 Å². The number of urea groups is 1. The third-order valence-electron chi connectivity index (χ3n) is 2.10. The predicted octanol–water partition coefficient (Wildman–Crippen LogP) is 0.396. The summed E-state index contributed by atoms with van der Waals surface area (Å²) < 4.78 is 0. The third kappa shape index (κ3) is 1.63. The summed E-state index contributed by atoms with van der Waals surface area (Å²) in [6, 6.07) is 0.281. The molecule has 64 valence electrons. The van der Waals surface area contributed by atoms with E-state index < -0.39 is 0 Å². The highest BCUT2D eigenvalue weighted by atomic mass is 16.2. The lowest BCUT2D eigenvalue weighted by Crippen LogP contribution is -2.45. The number of hydrogen-bond acceptors (Lipinski definition) is 2. The molecule has 0 aliphatic carbocycles. The van der Waals surface area contributed by atoms with Crippen molar-refractivity contribution in [3.05, 3.63) is 0 Å². The molecule has 4 nitrogen and oxygen atoms in total. The van der Waals surface area contributed by atoms with Crippen LogP contribution in [0.1, 0.15) is 19.8 Å². The standard InChI is InChI=1S/C7H15N3O/c1-6-4-3-5-10(6)7(11)9(2)8/h6H,3-5,8H2,1-2H3. The molecule has 0 radical (unpaired) electrons. The van der Waals surface area contributed by atoms with Gasteiger partial charge in [-0.05, 0) is 19.8 Å². The van der Waals surface area contributed by atoms with Gasteiger partial charge in [0.25, 0.3) is 0 Å². The first-order valence-electron chi connectivity index (χ1n) is 3.92. The molecule has 11 heavy (non-hydrogen) atoms. The monoisotopic (exact) mass is 157 g/mol. The van der Waals surface area contributed by atoms with Gasteiger partial charge in [0, 0.05) is 19.6 Å². The molecule has 0 aromatic heterocycles. The fraction of sp³-hybridized carbons (Fsp3) is 0.857. The van der Waals surface area contributed by atoms with Gasteiger partial charge in [-0.25, -0.2) is 10.6 Å². The Labute approximate surface area is 66.9 Å². The van der Waals surface area contributed by atoms with E-state index in [-0.39, 0.29) is 6.03 Å². The zero-order chi connectivity index (χ0) is 8.43. The molecule has 1 unspecified atom stereocenters. The summed E-state index contributed by atoms with van der Waals surface area (Å²) in [5.41, 5.74) is 0. The Kier molecular flexibility index (Phi) is 2.34. The molecule has 1 aliphatic rings. The molecular formula is C7H15N3O. The largest absolute Gasteiger partial charge is 0.334 e. The van der Waals surface area contributed by atoms with Gasteiger partial charge in [0.05, 0.1) is 0 Å². The zero-order valence-electron chi connectivity index (χ0n) is 7.08. The first-order valence-corrected chi connectivity index (χ1v) is 3.92. The third-order valence-corrected chi connectivity index (χ3v) is 2.10. The van der Waals surface area contributed by atoms with Crippen molar-refractivity contribution >= 4 is 6.03 Å². The van der Waals surface area contributed by atoms with Crippen LogP contribution in [0.25, 0.3) is 0 Å². The highest BCUT2D eigenvalue weighted by molar-refractivity contribution is 5.74. The molecule has 1 saturated heterocycles. The Morgan fingerprint density at radius 3 is 2.73 bits per heavy atom. The molecule has 0 spiro atoms. The Hall–Kier alpha value is -0.770. The van der Waals surface area contributed by atoms with E-state index in [0.717, 1.165) is 24.4 Å². The van der Waals surface area contributed by atoms with Gasteiger partial charge in [-0.2, -0.15) is 0 Å². The van der Waals surface area contributed by atoms with Crippen molar-refractivity contribution < 1.29 is 4.79 Å². The first-order chi connectivity index (χ1) is 5.13. The zero-order valence-corrected chi connectivity index (χ0v) is 7.08. The van der Waals surface area contributed by atoms with Crippen molar-refractivity contribution in [2.45, 2.75) is 25.8 Å². The quantitative estimate of drug-likeness (QED) is 0.314. The molecule has 2 amide bonds. The van der Waals surface area contributed by atoms with Crippen LogP contribution >= 0.6 is 0 Å². The lowest BCUT2D eigenvalue weighted by molar-refractivity contribution is 0.161. The second-order valence-corrected chi connectivity index (χ2v) is 3.08. The Morgan fingerprint density at radius 2 is 2.36 bits per heavy atom. The normalized spacial score (nSPS) is 23.9. The van der Waals surface area contributed by atoms with E-state index in [2.05, 4.69) is 6.92 Å². The Bertz CT molecular complexity index is 158. The van der Waals surface area contributed by atoms with E-state index in [9.17, 15) is 4.79 Å². The molecule has 1 atom stereocenters. The number of carbonyl (C=O) groups excluding carboxylic acids is 1. The van der Waals surface area contributed by atoms with Crippen LogP contribution in [0.5, 0.6) is 0 Å². The molecule has 0 bridgehead atoms. The van der Waals surface area contributed by atoms with Gasteiger partial charge in [-0.1, -0.05) is 0 Å². The molecule has 2 N–H and O–H groups in total. The molecule has 1 heterocycles. The maximum absolute atomic E-state index is 11.3. The van der Waals surface area contributed by atoms with Crippen molar-refractivity contribution in [1.29, 1.82) is 0 Å². The molecule has 4 heteroatoms. The van der Waals surface area contributed by atoms with Crippen LogP contribution in [0, 0.1) is 0 Å². The molecule has 0 saturated carbocycles. The van der Waals surface area contributed by atoms with E-state index in [4.69, 9.17) is 5.84 Å². The second-order valence-electron chi connectivity index (χ2n) is 3.08. The number of nitrogens with two attached hydrogens (primary N) is 1. The Balaban J connectivity index is 2.53. The summed E-state index contributed by atoms with van der Waals surface area (Å²) in [7, 11) is 1.58. The number of carbonyl (C=O) groups is 1. The SMILES string of the molecule is CC1CCCN1C(=O)N(C)N. The van der Waals surface area contributed by atoms with Gasteiger partial charge in [-0.3, -0.25) is 5.01 Å². The van der Waals surface area contributed by atoms with Gasteiger partial charge in [-0.15, -0.1) is 0 Å². The summed E-state index contributed by atoms with van der Waals surface area (Å²) >= 11 is 0. The summed E-state index contributed by atoms with van der Waals surface area (Å²) in [4.78, 5) is 13.1. The van der Waals surface area contributed by atoms with E-state index in [1.165, 1.54) is 0 Å². The highest BCUT2D eigenvalue weighted by Gasteiger charge is 2.26. The molecule has 0 aromatic carbocycles. The van der Waals surface area contributed by atoms with E-state index in [1.807, 2.05) is 0 Å². The van der Waals surface area contributed by atoms with Crippen molar-refractivity contribution in [2.75, 3.05) is 13.6 Å². The maximum Gasteiger partial charge on any atom is 0.334 e. The molecule has 1 rings (SSSR count). The molecule has 1 fully saturated rings. The van der Waals surface area contributed by atoms with Crippen molar-refractivity contribution in [1.82, 2.24) is 9.91 Å². The summed E-state index contributed by atoms with van der Waals surface area (Å²) in [6.45, 7) is 2.90. The minimum atomic E-state index is -0.0741. The van der Waals surface area contributed by atoms with Crippen LogP contribution in [0.2, 0.25) is 0 Å². The molecule has 0 aromatic rings. The minimum absolute atomic E-state index is 0.0741. The van der Waals surface area contributed by atoms with Gasteiger partial charge in [0.2, 0.25) is 0 Å². The summed E-state index contributed by atoms with van der Waals surface area (Å²) in [5, 5.41) is 1.14. The maximum atomic E-state index is 11.3. The van der Waals surface area contributed by atoms with Crippen LogP contribution < -0.4 is 5.84 Å². The average Bonchev–Trinajstić information content (AvgIpc) is 2.33. The lowest BCUT2D eigenvalue weighted by Gasteiger charge is -2.24. The van der Waals surface area contributed by atoms with E-state index in [0.29, 0.717) is 6.04 Å². The van der Waals surface area contributed by atoms with Crippen molar-refractivity contribution in [2.24, 2.45) is 5.84 Å². The van der Waals surface area contributed by atoms with Gasteiger partial charge >= 0.3 is 6.03 Å². The first kappa shape index (κ1) is 8.33. The van der Waals surface area contributed by atoms with Crippen LogP contribution in [0.15, 0.2) is 0 Å². The number of likely N-dealkylation sites (tertiary alicyclic amines) is 1. The van der Waals surface area contributed by atoms with Crippen LogP contribution in [-0.2, 0) is 0 Å². The predicted molar refractivity (Wildman–Crippen MR) is 42.7 cm³/mol. The number of rotatable bonds is 0. The second kappa shape index (κ2) is 3.09. The van der Waals surface area contributed by atoms with Crippen LogP contribution in [0.3, 0.4) is 0 Å². The van der Waals surface area contributed by atoms with E-state index in [1.54, 1.807) is 11.9 Å². The number of hydrogen-bond donors (Lipinski definition) is 1. The lowest BCUT2D eigenvalue weighted by atomic mass is 10.2. The van der Waals surface area contributed by atoms with Gasteiger partial charge < -0.3 is 4.90 Å². The van der Waals surface area contributed by atoms with Gasteiger partial charge in [0.1, 0.15) is 0 Å². The summed E-state index contributed by atoms with van der Waals surface area (Å²) in [5.74, 6) is 5.32. The molecular weight excluding hydrogens is 142 g/mol. The van der Waals surface area contributed by atoms with Crippen LogP contribution in [-0.4, -0.2) is 35.6 Å². The number of hydrazine groups is 1. The fourth-order valence-corrected chi connectivity index (χ4v) is 1.42. The van der Waals surface area contributed by atoms with Crippen molar-refractivity contribution in [3.8, 4) is 0 Å². The average molecular weight is 157 g/mol. The van der Waals surface area contributed by atoms with Crippen LogP contribution in [0.4, 0.5) is 4.79 Å². The van der Waals surface area contributed by atoms with E-state index >= 15 is 0 Å². The fourth-order valence-electron chi connectivity index (χ4n) is 1.42. The van der Waals surface area contributed by atoms with Crippen molar-refractivity contribution in [3.63, 3.8) is 0 Å². The molecule has 1 aliphatic heterocycles. The minimum Gasteiger partial charge on any atom is -0.321 e. The smallest absolute Gasteiger partial charge is 0.321 e. The highest BCUT2D eigenvalue weighted by Crippen LogP contribution is 2.16.